The minimum atomic E-state index is -4.79. The van der Waals surface area contributed by atoms with Crippen LogP contribution in [0.2, 0.25) is 10.0 Å². The normalized spacial score (nSPS) is 15.8. The number of benzene rings is 2. The molecule has 1 aromatic heterocycles. The molecule has 1 N–H and O–H groups in total. The van der Waals surface area contributed by atoms with Crippen LogP contribution in [0, 0.1) is 0 Å². The van der Waals surface area contributed by atoms with Crippen LogP contribution >= 0.6 is 23.2 Å². The molecule has 0 spiro atoms. The van der Waals surface area contributed by atoms with E-state index in [2.05, 4.69) is 20.1 Å². The summed E-state index contributed by atoms with van der Waals surface area (Å²) in [6.07, 6.45) is -3.03. The van der Waals surface area contributed by atoms with Crippen LogP contribution in [-0.2, 0) is 4.79 Å². The Morgan fingerprint density at radius 3 is 2.27 bits per heavy atom. The SMILES string of the molecule is O=C(Nc1ccc(OC(F)(F)F)cc1)C1=NN(c2ccc(Cl)cc2)C(c2ccc(Cl)cn2)C1. The van der Waals surface area contributed by atoms with Gasteiger partial charge in [-0.3, -0.25) is 14.8 Å². The number of halogens is 5. The van der Waals surface area contributed by atoms with Gasteiger partial charge in [-0.25, -0.2) is 0 Å². The summed E-state index contributed by atoms with van der Waals surface area (Å²) < 4.78 is 40.8. The third-order valence-corrected chi connectivity index (χ3v) is 5.18. The van der Waals surface area contributed by atoms with Crippen molar-refractivity contribution >= 4 is 46.2 Å². The van der Waals surface area contributed by atoms with Crippen molar-refractivity contribution in [3.8, 4) is 5.75 Å². The molecule has 1 atom stereocenters. The van der Waals surface area contributed by atoms with Crippen molar-refractivity contribution in [1.82, 2.24) is 4.98 Å². The largest absolute Gasteiger partial charge is 0.573 e. The van der Waals surface area contributed by atoms with Gasteiger partial charge in [0, 0.05) is 23.3 Å². The van der Waals surface area contributed by atoms with Crippen molar-refractivity contribution in [2.45, 2.75) is 18.8 Å². The van der Waals surface area contributed by atoms with Gasteiger partial charge >= 0.3 is 6.36 Å². The first-order valence-electron chi connectivity index (χ1n) is 9.59. The van der Waals surface area contributed by atoms with E-state index in [1.165, 1.54) is 18.3 Å². The van der Waals surface area contributed by atoms with Gasteiger partial charge < -0.3 is 10.1 Å². The zero-order valence-corrected chi connectivity index (χ0v) is 18.2. The van der Waals surface area contributed by atoms with Gasteiger partial charge in [0.25, 0.3) is 5.91 Å². The number of hydrogen-bond donors (Lipinski definition) is 1. The predicted molar refractivity (Wildman–Crippen MR) is 120 cm³/mol. The van der Waals surface area contributed by atoms with Crippen molar-refractivity contribution in [1.29, 1.82) is 0 Å². The van der Waals surface area contributed by atoms with Crippen LogP contribution in [0.5, 0.6) is 5.75 Å². The fraction of sp³-hybridized carbons (Fsp3) is 0.136. The van der Waals surface area contributed by atoms with Crippen LogP contribution in [0.4, 0.5) is 24.5 Å². The predicted octanol–water partition coefficient (Wildman–Crippen LogP) is 6.23. The maximum Gasteiger partial charge on any atom is 0.573 e. The lowest BCUT2D eigenvalue weighted by Gasteiger charge is -2.23. The smallest absolute Gasteiger partial charge is 0.406 e. The van der Waals surface area contributed by atoms with Gasteiger partial charge in [0.05, 0.1) is 16.4 Å². The van der Waals surface area contributed by atoms with Crippen molar-refractivity contribution in [2.75, 3.05) is 10.3 Å². The van der Waals surface area contributed by atoms with E-state index in [-0.39, 0.29) is 23.9 Å². The van der Waals surface area contributed by atoms with E-state index in [1.54, 1.807) is 41.4 Å². The maximum atomic E-state index is 12.8. The van der Waals surface area contributed by atoms with Crippen molar-refractivity contribution in [2.24, 2.45) is 5.10 Å². The molecule has 1 unspecified atom stereocenters. The molecule has 1 amide bonds. The third-order valence-electron chi connectivity index (χ3n) is 4.70. The molecule has 0 saturated heterocycles. The highest BCUT2D eigenvalue weighted by molar-refractivity contribution is 6.43. The van der Waals surface area contributed by atoms with Gasteiger partial charge in [-0.15, -0.1) is 13.2 Å². The molecule has 3 aromatic rings. The number of rotatable bonds is 5. The molecule has 1 aliphatic rings. The van der Waals surface area contributed by atoms with Gasteiger partial charge in [0.2, 0.25) is 0 Å². The zero-order valence-electron chi connectivity index (χ0n) is 16.7. The molecule has 0 aliphatic carbocycles. The summed E-state index contributed by atoms with van der Waals surface area (Å²) in [5.41, 5.74) is 1.89. The first-order valence-corrected chi connectivity index (χ1v) is 10.3. The van der Waals surface area contributed by atoms with Crippen LogP contribution in [0.25, 0.3) is 0 Å². The lowest BCUT2D eigenvalue weighted by molar-refractivity contribution is -0.274. The quantitative estimate of drug-likeness (QED) is 0.456. The van der Waals surface area contributed by atoms with E-state index in [4.69, 9.17) is 23.2 Å². The number of nitrogens with zero attached hydrogens (tertiary/aromatic N) is 3. The second-order valence-electron chi connectivity index (χ2n) is 7.02. The Kier molecular flexibility index (Phi) is 6.44. The molecule has 33 heavy (non-hydrogen) atoms. The molecule has 2 aromatic carbocycles. The summed E-state index contributed by atoms with van der Waals surface area (Å²) >= 11 is 11.9. The van der Waals surface area contributed by atoms with Gasteiger partial charge in [-0.1, -0.05) is 23.2 Å². The van der Waals surface area contributed by atoms with Gasteiger partial charge in [-0.05, 0) is 60.7 Å². The highest BCUT2D eigenvalue weighted by Crippen LogP contribution is 2.35. The second kappa shape index (κ2) is 9.29. The Morgan fingerprint density at radius 2 is 1.67 bits per heavy atom. The fourth-order valence-corrected chi connectivity index (χ4v) is 3.47. The molecule has 0 bridgehead atoms. The van der Waals surface area contributed by atoms with E-state index >= 15 is 0 Å². The number of carbonyl (C=O) groups excluding carboxylic acids is 1. The van der Waals surface area contributed by atoms with E-state index in [0.29, 0.717) is 27.1 Å². The average molecular weight is 495 g/mol. The number of aromatic nitrogens is 1. The van der Waals surface area contributed by atoms with Crippen LogP contribution in [0.3, 0.4) is 0 Å². The molecule has 0 radical (unpaired) electrons. The number of nitrogens with one attached hydrogen (secondary N) is 1. The highest BCUT2D eigenvalue weighted by Gasteiger charge is 2.34. The molecule has 170 valence electrons. The molecule has 0 saturated carbocycles. The summed E-state index contributed by atoms with van der Waals surface area (Å²) in [6.45, 7) is 0. The number of pyridine rings is 1. The number of carbonyl (C=O) groups is 1. The molecule has 6 nitrogen and oxygen atoms in total. The summed E-state index contributed by atoms with van der Waals surface area (Å²) in [7, 11) is 0. The standard InChI is InChI=1S/C22H15Cl2F3N4O2/c23-13-1-6-16(7-2-13)31-20(18-10-3-14(24)12-28-18)11-19(30-31)21(32)29-15-4-8-17(9-5-15)33-22(25,26)27/h1-10,12,20H,11H2,(H,29,32). The lowest BCUT2D eigenvalue weighted by atomic mass is 10.1. The Morgan fingerprint density at radius 1 is 1.00 bits per heavy atom. The fourth-order valence-electron chi connectivity index (χ4n) is 3.24. The van der Waals surface area contributed by atoms with Gasteiger partial charge in [0.1, 0.15) is 17.5 Å². The summed E-state index contributed by atoms with van der Waals surface area (Å²) in [4.78, 5) is 17.2. The van der Waals surface area contributed by atoms with Gasteiger partial charge in [-0.2, -0.15) is 5.10 Å². The van der Waals surface area contributed by atoms with Crippen LogP contribution in [0.15, 0.2) is 72.0 Å². The maximum absolute atomic E-state index is 12.8. The van der Waals surface area contributed by atoms with Crippen LogP contribution in [0.1, 0.15) is 18.2 Å². The number of amides is 1. The number of alkyl halides is 3. The molecular formula is C22H15Cl2F3N4O2. The highest BCUT2D eigenvalue weighted by atomic mass is 35.5. The monoisotopic (exact) mass is 494 g/mol. The van der Waals surface area contributed by atoms with Crippen LogP contribution in [-0.4, -0.2) is 23.0 Å². The molecular weight excluding hydrogens is 480 g/mol. The van der Waals surface area contributed by atoms with Crippen molar-refractivity contribution in [3.63, 3.8) is 0 Å². The topological polar surface area (TPSA) is 66.8 Å². The number of anilines is 2. The number of ether oxygens (including phenoxy) is 1. The molecule has 0 fully saturated rings. The summed E-state index contributed by atoms with van der Waals surface area (Å²) in [5, 5.41) is 9.82. The summed E-state index contributed by atoms with van der Waals surface area (Å²) in [6, 6.07) is 14.9. The van der Waals surface area contributed by atoms with Crippen LogP contribution < -0.4 is 15.1 Å². The Hall–Kier alpha value is -3.30. The van der Waals surface area contributed by atoms with Crippen molar-refractivity contribution in [3.05, 3.63) is 82.6 Å². The third kappa shape index (κ3) is 5.74. The van der Waals surface area contributed by atoms with E-state index in [0.717, 1.165) is 12.1 Å². The Labute approximate surface area is 196 Å². The number of hydrogen-bond acceptors (Lipinski definition) is 5. The molecule has 2 heterocycles. The summed E-state index contributed by atoms with van der Waals surface area (Å²) in [5.74, 6) is -0.878. The first kappa shape index (κ1) is 22.9. The lowest BCUT2D eigenvalue weighted by Crippen LogP contribution is -2.22. The van der Waals surface area contributed by atoms with E-state index in [1.807, 2.05) is 0 Å². The molecule has 11 heteroatoms. The minimum Gasteiger partial charge on any atom is -0.406 e. The number of hydrazone groups is 1. The van der Waals surface area contributed by atoms with Gasteiger partial charge in [0.15, 0.2) is 0 Å². The Balaban J connectivity index is 1.55. The van der Waals surface area contributed by atoms with Crippen molar-refractivity contribution < 1.29 is 22.7 Å². The average Bonchev–Trinajstić information content (AvgIpc) is 3.21. The Bertz CT molecular complexity index is 1170. The minimum absolute atomic E-state index is 0.224. The van der Waals surface area contributed by atoms with E-state index < -0.39 is 12.3 Å². The zero-order chi connectivity index (χ0) is 23.6. The van der Waals surface area contributed by atoms with E-state index in [9.17, 15) is 18.0 Å². The second-order valence-corrected chi connectivity index (χ2v) is 7.89. The molecule has 4 rings (SSSR count). The first-order chi connectivity index (χ1) is 15.7. The molecule has 1 aliphatic heterocycles.